The Hall–Kier alpha value is -2.63. The van der Waals surface area contributed by atoms with Crippen LogP contribution in [0.25, 0.3) is 10.8 Å². The van der Waals surface area contributed by atoms with Crippen LogP contribution in [0, 0.1) is 0 Å². The van der Waals surface area contributed by atoms with Gasteiger partial charge in [0.15, 0.2) is 6.10 Å². The van der Waals surface area contributed by atoms with Crippen molar-refractivity contribution in [2.75, 3.05) is 6.54 Å². The molecule has 0 aliphatic carbocycles. The third-order valence-corrected chi connectivity index (χ3v) is 2.98. The third-order valence-electron chi connectivity index (χ3n) is 2.98. The highest BCUT2D eigenvalue weighted by atomic mass is 16.5. The first-order chi connectivity index (χ1) is 10.0. The SMILES string of the molecule is CCNC(=O)[C@H](C)OC(=O)c1cc2ccccc2c(=O)[nH]1. The number of aromatic amines is 1. The van der Waals surface area contributed by atoms with Gasteiger partial charge < -0.3 is 15.0 Å². The van der Waals surface area contributed by atoms with E-state index < -0.39 is 12.1 Å². The van der Waals surface area contributed by atoms with Crippen molar-refractivity contribution in [2.24, 2.45) is 0 Å². The molecule has 0 saturated heterocycles. The molecule has 0 radical (unpaired) electrons. The van der Waals surface area contributed by atoms with E-state index in [9.17, 15) is 14.4 Å². The summed E-state index contributed by atoms with van der Waals surface area (Å²) in [6, 6.07) is 8.44. The first-order valence-corrected chi connectivity index (χ1v) is 6.63. The number of fused-ring (bicyclic) bond motifs is 1. The number of esters is 1. The molecule has 1 amide bonds. The second-order valence-electron chi connectivity index (χ2n) is 4.54. The smallest absolute Gasteiger partial charge is 0.355 e. The molecule has 1 atom stereocenters. The highest BCUT2D eigenvalue weighted by Gasteiger charge is 2.19. The Labute approximate surface area is 121 Å². The van der Waals surface area contributed by atoms with Crippen molar-refractivity contribution in [3.8, 4) is 0 Å². The van der Waals surface area contributed by atoms with Crippen LogP contribution >= 0.6 is 0 Å². The first-order valence-electron chi connectivity index (χ1n) is 6.63. The molecule has 0 unspecified atom stereocenters. The summed E-state index contributed by atoms with van der Waals surface area (Å²) >= 11 is 0. The van der Waals surface area contributed by atoms with Gasteiger partial charge in [-0.2, -0.15) is 0 Å². The average molecular weight is 288 g/mol. The second-order valence-corrected chi connectivity index (χ2v) is 4.54. The van der Waals surface area contributed by atoms with Gasteiger partial charge in [-0.15, -0.1) is 0 Å². The van der Waals surface area contributed by atoms with Gasteiger partial charge in [0.05, 0.1) is 0 Å². The number of aromatic nitrogens is 1. The minimum absolute atomic E-state index is 0.0230. The van der Waals surface area contributed by atoms with Crippen LogP contribution in [0.3, 0.4) is 0 Å². The Morgan fingerprint density at radius 2 is 2.05 bits per heavy atom. The lowest BCUT2D eigenvalue weighted by atomic mass is 10.1. The van der Waals surface area contributed by atoms with E-state index in [0.29, 0.717) is 17.3 Å². The number of carbonyl (C=O) groups is 2. The van der Waals surface area contributed by atoms with E-state index in [1.807, 2.05) is 0 Å². The molecule has 21 heavy (non-hydrogen) atoms. The molecule has 2 rings (SSSR count). The van der Waals surface area contributed by atoms with E-state index in [1.165, 1.54) is 13.0 Å². The van der Waals surface area contributed by atoms with Crippen LogP contribution in [0.1, 0.15) is 24.3 Å². The van der Waals surface area contributed by atoms with Crippen molar-refractivity contribution in [3.05, 3.63) is 46.4 Å². The van der Waals surface area contributed by atoms with E-state index in [1.54, 1.807) is 31.2 Å². The quantitative estimate of drug-likeness (QED) is 0.828. The summed E-state index contributed by atoms with van der Waals surface area (Å²) in [7, 11) is 0. The summed E-state index contributed by atoms with van der Waals surface area (Å²) in [6.45, 7) is 3.70. The Bertz CT molecular complexity index is 736. The predicted octanol–water partition coefficient (Wildman–Crippen LogP) is 1.21. The molecule has 2 aromatic rings. The van der Waals surface area contributed by atoms with E-state index >= 15 is 0 Å². The van der Waals surface area contributed by atoms with E-state index in [0.717, 1.165) is 0 Å². The van der Waals surface area contributed by atoms with Gasteiger partial charge in [0.1, 0.15) is 5.69 Å². The molecule has 0 spiro atoms. The lowest BCUT2D eigenvalue weighted by Gasteiger charge is -2.12. The molecular formula is C15H16N2O4. The molecule has 0 fully saturated rings. The standard InChI is InChI=1S/C15H16N2O4/c1-3-16-13(18)9(2)21-15(20)12-8-10-6-4-5-7-11(10)14(19)17-12/h4-9H,3H2,1-2H3,(H,16,18)(H,17,19)/t9-/m0/s1. The molecule has 0 aliphatic heterocycles. The lowest BCUT2D eigenvalue weighted by Crippen LogP contribution is -2.35. The number of rotatable bonds is 4. The molecule has 6 nitrogen and oxygen atoms in total. The van der Waals surface area contributed by atoms with Gasteiger partial charge in [-0.1, -0.05) is 18.2 Å². The minimum Gasteiger partial charge on any atom is -0.448 e. The Morgan fingerprint density at radius 1 is 1.33 bits per heavy atom. The fourth-order valence-electron chi connectivity index (χ4n) is 1.92. The van der Waals surface area contributed by atoms with Crippen molar-refractivity contribution in [3.63, 3.8) is 0 Å². The summed E-state index contributed by atoms with van der Waals surface area (Å²) in [5, 5.41) is 3.68. The van der Waals surface area contributed by atoms with Crippen LogP contribution < -0.4 is 10.9 Å². The minimum atomic E-state index is -0.924. The zero-order valence-electron chi connectivity index (χ0n) is 11.8. The zero-order valence-corrected chi connectivity index (χ0v) is 11.8. The number of hydrogen-bond donors (Lipinski definition) is 2. The molecule has 1 heterocycles. The molecule has 0 aliphatic rings. The van der Waals surface area contributed by atoms with E-state index in [4.69, 9.17) is 4.74 Å². The van der Waals surface area contributed by atoms with E-state index in [-0.39, 0.29) is 17.2 Å². The number of benzene rings is 1. The van der Waals surface area contributed by atoms with Crippen molar-refractivity contribution < 1.29 is 14.3 Å². The molecule has 6 heteroatoms. The van der Waals surface area contributed by atoms with Crippen molar-refractivity contribution in [1.29, 1.82) is 0 Å². The maximum Gasteiger partial charge on any atom is 0.355 e. The number of pyridine rings is 1. The first kappa shape index (κ1) is 14.8. The molecule has 2 N–H and O–H groups in total. The monoisotopic (exact) mass is 288 g/mol. The molecule has 0 saturated carbocycles. The van der Waals surface area contributed by atoms with Gasteiger partial charge in [0.25, 0.3) is 11.5 Å². The number of hydrogen-bond acceptors (Lipinski definition) is 4. The predicted molar refractivity (Wildman–Crippen MR) is 78.1 cm³/mol. The maximum absolute atomic E-state index is 12.0. The summed E-state index contributed by atoms with van der Waals surface area (Å²) in [4.78, 5) is 37.9. The second kappa shape index (κ2) is 6.21. The molecule has 0 bridgehead atoms. The summed E-state index contributed by atoms with van der Waals surface area (Å²) < 4.78 is 5.03. The fourth-order valence-corrected chi connectivity index (χ4v) is 1.92. The van der Waals surface area contributed by atoms with Crippen LogP contribution in [0.5, 0.6) is 0 Å². The number of ether oxygens (including phenoxy) is 1. The van der Waals surface area contributed by atoms with Gasteiger partial charge in [0.2, 0.25) is 0 Å². The lowest BCUT2D eigenvalue weighted by molar-refractivity contribution is -0.128. The molecular weight excluding hydrogens is 272 g/mol. The Balaban J connectivity index is 2.24. The van der Waals surface area contributed by atoms with Crippen LogP contribution in [-0.2, 0) is 9.53 Å². The Morgan fingerprint density at radius 3 is 2.76 bits per heavy atom. The van der Waals surface area contributed by atoms with Gasteiger partial charge in [-0.3, -0.25) is 9.59 Å². The number of nitrogens with one attached hydrogen (secondary N) is 2. The number of amides is 1. The number of H-pyrrole nitrogens is 1. The highest BCUT2D eigenvalue weighted by Crippen LogP contribution is 2.11. The fraction of sp³-hybridized carbons (Fsp3) is 0.267. The highest BCUT2D eigenvalue weighted by molar-refractivity contribution is 5.94. The molecule has 110 valence electrons. The summed E-state index contributed by atoms with van der Waals surface area (Å²) in [6.07, 6.45) is -0.924. The van der Waals surface area contributed by atoms with Crippen molar-refractivity contribution >= 4 is 22.6 Å². The van der Waals surface area contributed by atoms with Crippen molar-refractivity contribution in [2.45, 2.75) is 20.0 Å². The normalized spacial score (nSPS) is 11.9. The summed E-state index contributed by atoms with van der Waals surface area (Å²) in [5.74, 6) is -1.12. The Kier molecular flexibility index (Phi) is 4.37. The average Bonchev–Trinajstić information content (AvgIpc) is 2.47. The van der Waals surface area contributed by atoms with Crippen LogP contribution in [-0.4, -0.2) is 29.5 Å². The van der Waals surface area contributed by atoms with Crippen LogP contribution in [0.15, 0.2) is 35.1 Å². The van der Waals surface area contributed by atoms with Crippen LogP contribution in [0.2, 0.25) is 0 Å². The van der Waals surface area contributed by atoms with Gasteiger partial charge >= 0.3 is 5.97 Å². The molecule has 1 aromatic heterocycles. The number of likely N-dealkylation sites (N-methyl/N-ethyl adjacent to an activating group) is 1. The summed E-state index contributed by atoms with van der Waals surface area (Å²) in [5.41, 5.74) is -0.347. The van der Waals surface area contributed by atoms with Gasteiger partial charge in [-0.05, 0) is 31.4 Å². The largest absolute Gasteiger partial charge is 0.448 e. The van der Waals surface area contributed by atoms with Crippen molar-refractivity contribution in [1.82, 2.24) is 10.3 Å². The maximum atomic E-state index is 12.0. The van der Waals surface area contributed by atoms with E-state index in [2.05, 4.69) is 10.3 Å². The third kappa shape index (κ3) is 3.28. The topological polar surface area (TPSA) is 88.3 Å². The number of carbonyl (C=O) groups excluding carboxylic acids is 2. The van der Waals surface area contributed by atoms with Gasteiger partial charge in [-0.25, -0.2) is 4.79 Å². The van der Waals surface area contributed by atoms with Gasteiger partial charge in [0, 0.05) is 11.9 Å². The van der Waals surface area contributed by atoms with Crippen LogP contribution in [0.4, 0.5) is 0 Å². The molecule has 1 aromatic carbocycles. The zero-order chi connectivity index (χ0) is 15.4.